The highest BCUT2D eigenvalue weighted by Gasteiger charge is 2.31. The zero-order valence-corrected chi connectivity index (χ0v) is 21.9. The van der Waals surface area contributed by atoms with Crippen molar-refractivity contribution in [2.24, 2.45) is 0 Å². The lowest BCUT2D eigenvalue weighted by Gasteiger charge is -2.27. The van der Waals surface area contributed by atoms with Crippen LogP contribution in [0.5, 0.6) is 17.2 Å². The Morgan fingerprint density at radius 2 is 1.92 bits per heavy atom. The van der Waals surface area contributed by atoms with E-state index in [2.05, 4.69) is 27.4 Å². The zero-order valence-electron chi connectivity index (χ0n) is 21.9. The van der Waals surface area contributed by atoms with Gasteiger partial charge in [0.25, 0.3) is 0 Å². The van der Waals surface area contributed by atoms with E-state index >= 15 is 0 Å². The molecule has 0 bridgehead atoms. The molecule has 0 amide bonds. The quantitative estimate of drug-likeness (QED) is 0.351. The minimum atomic E-state index is -0.974. The molecule has 8 heteroatoms. The number of aromatic nitrogens is 2. The third-order valence-corrected chi connectivity index (χ3v) is 6.90. The Bertz CT molecular complexity index is 1140. The number of rotatable bonds is 12. The minimum absolute atomic E-state index is 0.0844. The van der Waals surface area contributed by atoms with Crippen LogP contribution in [0, 0.1) is 5.82 Å². The van der Waals surface area contributed by atoms with Gasteiger partial charge in [0, 0.05) is 38.4 Å². The van der Waals surface area contributed by atoms with E-state index in [4.69, 9.17) is 14.2 Å². The molecule has 2 aromatic carbocycles. The summed E-state index contributed by atoms with van der Waals surface area (Å²) >= 11 is 0. The first-order valence-electron chi connectivity index (χ1n) is 13.1. The van der Waals surface area contributed by atoms with E-state index in [0.29, 0.717) is 19.4 Å². The minimum Gasteiger partial charge on any atom is -0.493 e. The Morgan fingerprint density at radius 1 is 1.05 bits per heavy atom. The molecule has 1 fully saturated rings. The third kappa shape index (κ3) is 7.46. The normalized spacial score (nSPS) is 18.4. The van der Waals surface area contributed by atoms with Gasteiger partial charge in [0.15, 0.2) is 23.1 Å². The van der Waals surface area contributed by atoms with Gasteiger partial charge >= 0.3 is 0 Å². The van der Waals surface area contributed by atoms with Crippen LogP contribution in [0.25, 0.3) is 0 Å². The number of methoxy groups -OCH3 is 1. The topological polar surface area (TPSA) is 69.0 Å². The maximum atomic E-state index is 13.9. The highest BCUT2D eigenvalue weighted by molar-refractivity contribution is 5.43. The second-order valence-corrected chi connectivity index (χ2v) is 9.65. The maximum absolute atomic E-state index is 13.9. The van der Waals surface area contributed by atoms with E-state index in [1.807, 2.05) is 24.5 Å². The molecule has 2 heterocycles. The maximum Gasteiger partial charge on any atom is 0.165 e. The molecule has 0 spiro atoms. The van der Waals surface area contributed by atoms with Gasteiger partial charge in [-0.2, -0.15) is 0 Å². The number of likely N-dealkylation sites (tertiary alicyclic amines) is 1. The van der Waals surface area contributed by atoms with Crippen molar-refractivity contribution >= 4 is 0 Å². The van der Waals surface area contributed by atoms with Crippen LogP contribution in [-0.2, 0) is 19.5 Å². The number of nitrogens with zero attached hydrogens (tertiary/aromatic N) is 3. The van der Waals surface area contributed by atoms with Crippen LogP contribution in [0.3, 0.4) is 0 Å². The molecule has 1 aliphatic rings. The van der Waals surface area contributed by atoms with Crippen molar-refractivity contribution in [2.45, 2.75) is 57.7 Å². The highest BCUT2D eigenvalue weighted by atomic mass is 19.1. The molecule has 4 rings (SSSR count). The molecule has 0 saturated carbocycles. The van der Waals surface area contributed by atoms with Crippen LogP contribution in [0.1, 0.15) is 44.0 Å². The number of benzene rings is 2. The molecule has 7 nitrogen and oxygen atoms in total. The van der Waals surface area contributed by atoms with E-state index in [1.165, 1.54) is 6.07 Å². The molecule has 200 valence electrons. The molecular formula is C29H38FN3O4. The molecule has 1 saturated heterocycles. The van der Waals surface area contributed by atoms with E-state index < -0.39 is 11.4 Å². The van der Waals surface area contributed by atoms with E-state index in [9.17, 15) is 9.50 Å². The van der Waals surface area contributed by atoms with Crippen molar-refractivity contribution in [3.63, 3.8) is 0 Å². The van der Waals surface area contributed by atoms with Crippen molar-refractivity contribution in [3.05, 3.63) is 72.1 Å². The Hall–Kier alpha value is -3.10. The second-order valence-electron chi connectivity index (χ2n) is 9.65. The number of imidazole rings is 1. The molecule has 0 aliphatic carbocycles. The smallest absolute Gasteiger partial charge is 0.165 e. The number of para-hydroxylation sites is 1. The van der Waals surface area contributed by atoms with Crippen LogP contribution < -0.4 is 14.2 Å². The summed E-state index contributed by atoms with van der Waals surface area (Å²) in [4.78, 5) is 6.70. The number of aliphatic hydroxyl groups is 1. The first-order valence-corrected chi connectivity index (χ1v) is 13.1. The summed E-state index contributed by atoms with van der Waals surface area (Å²) in [5.41, 5.74) is 0.157. The summed E-state index contributed by atoms with van der Waals surface area (Å²) in [6.45, 7) is 5.98. The molecule has 37 heavy (non-hydrogen) atoms. The number of hydrogen-bond donors (Lipinski definition) is 1. The van der Waals surface area contributed by atoms with Crippen molar-refractivity contribution in [1.29, 1.82) is 0 Å². The average molecular weight is 512 g/mol. The van der Waals surface area contributed by atoms with Gasteiger partial charge < -0.3 is 23.9 Å². The summed E-state index contributed by atoms with van der Waals surface area (Å²) in [6.07, 6.45) is 7.65. The molecule has 0 radical (unpaired) electrons. The Balaban J connectivity index is 1.29. The molecule has 1 atom stereocenters. The fourth-order valence-corrected chi connectivity index (χ4v) is 4.78. The number of hydrogen-bond acceptors (Lipinski definition) is 6. The van der Waals surface area contributed by atoms with Crippen molar-refractivity contribution in [3.8, 4) is 17.2 Å². The monoisotopic (exact) mass is 511 g/mol. The molecular weight excluding hydrogens is 473 g/mol. The van der Waals surface area contributed by atoms with Gasteiger partial charge in [0.05, 0.1) is 19.3 Å². The predicted octanol–water partition coefficient (Wildman–Crippen LogP) is 4.86. The first-order chi connectivity index (χ1) is 18.0. The van der Waals surface area contributed by atoms with Crippen molar-refractivity contribution < 1.29 is 23.7 Å². The lowest BCUT2D eigenvalue weighted by Crippen LogP contribution is -2.37. The van der Waals surface area contributed by atoms with Gasteiger partial charge in [0.2, 0.25) is 0 Å². The van der Waals surface area contributed by atoms with Gasteiger partial charge in [-0.3, -0.25) is 4.90 Å². The Labute approximate surface area is 218 Å². The summed E-state index contributed by atoms with van der Waals surface area (Å²) < 4.78 is 33.3. The second kappa shape index (κ2) is 12.9. The van der Waals surface area contributed by atoms with Crippen LogP contribution in [-0.4, -0.2) is 58.6 Å². The standard InChI is InChI=1S/C29H38FN3O4/c1-3-28-31-14-18-33(28)16-7-19-36-27-20-23(10-11-26(27)35-2)21-32-15-6-12-29(34,13-17-32)22-37-25-9-5-4-8-24(25)30/h4-5,8-11,14,18,20,34H,3,6-7,12-13,15-17,19,21-22H2,1-2H3/t29-/m1/s1. The van der Waals surface area contributed by atoms with Gasteiger partial charge in [-0.05, 0) is 62.1 Å². The lowest BCUT2D eigenvalue weighted by atomic mass is 9.96. The number of aryl methyl sites for hydroxylation is 2. The molecule has 1 N–H and O–H groups in total. The highest BCUT2D eigenvalue weighted by Crippen LogP contribution is 2.30. The van der Waals surface area contributed by atoms with Gasteiger partial charge in [0.1, 0.15) is 12.4 Å². The summed E-state index contributed by atoms with van der Waals surface area (Å²) in [6, 6.07) is 12.4. The largest absolute Gasteiger partial charge is 0.493 e. The SMILES string of the molecule is CCc1nccn1CCCOc1cc(CN2CCC[C@](O)(COc3ccccc3F)CC2)ccc1OC. The van der Waals surface area contributed by atoms with Crippen molar-refractivity contribution in [1.82, 2.24) is 14.5 Å². The zero-order chi connectivity index (χ0) is 26.1. The van der Waals surface area contributed by atoms with Crippen LogP contribution in [0.15, 0.2) is 54.9 Å². The van der Waals surface area contributed by atoms with E-state index in [1.54, 1.807) is 25.3 Å². The van der Waals surface area contributed by atoms with Gasteiger partial charge in [-0.15, -0.1) is 0 Å². The fourth-order valence-electron chi connectivity index (χ4n) is 4.78. The molecule has 3 aromatic rings. The Kier molecular flexibility index (Phi) is 9.41. The fraction of sp³-hybridized carbons (Fsp3) is 0.483. The van der Waals surface area contributed by atoms with Gasteiger partial charge in [-0.1, -0.05) is 25.1 Å². The third-order valence-electron chi connectivity index (χ3n) is 6.90. The van der Waals surface area contributed by atoms with E-state index in [-0.39, 0.29) is 12.4 Å². The van der Waals surface area contributed by atoms with Crippen LogP contribution in [0.4, 0.5) is 4.39 Å². The predicted molar refractivity (Wildman–Crippen MR) is 141 cm³/mol. The lowest BCUT2D eigenvalue weighted by molar-refractivity contribution is -0.0177. The molecule has 0 unspecified atom stereocenters. The van der Waals surface area contributed by atoms with Gasteiger partial charge in [-0.25, -0.2) is 9.37 Å². The number of halogens is 1. The summed E-state index contributed by atoms with van der Waals surface area (Å²) in [5, 5.41) is 11.1. The van der Waals surface area contributed by atoms with Crippen LogP contribution >= 0.6 is 0 Å². The summed E-state index contributed by atoms with van der Waals surface area (Å²) in [7, 11) is 1.65. The first kappa shape index (κ1) is 26.9. The number of ether oxygens (including phenoxy) is 3. The van der Waals surface area contributed by atoms with E-state index in [0.717, 1.165) is 68.3 Å². The van der Waals surface area contributed by atoms with Crippen molar-refractivity contribution in [2.75, 3.05) is 33.4 Å². The molecule has 1 aromatic heterocycles. The Morgan fingerprint density at radius 3 is 2.73 bits per heavy atom. The molecule has 1 aliphatic heterocycles. The summed E-state index contributed by atoms with van der Waals surface area (Å²) in [5.74, 6) is 2.31. The average Bonchev–Trinajstić information content (AvgIpc) is 3.29. The van der Waals surface area contributed by atoms with Crippen LogP contribution in [0.2, 0.25) is 0 Å².